The van der Waals surface area contributed by atoms with E-state index in [2.05, 4.69) is 31.0 Å². The summed E-state index contributed by atoms with van der Waals surface area (Å²) in [5.41, 5.74) is 0.467. The van der Waals surface area contributed by atoms with E-state index in [4.69, 9.17) is 11.6 Å². The van der Waals surface area contributed by atoms with Gasteiger partial charge in [0.1, 0.15) is 0 Å². The first kappa shape index (κ1) is 20.8. The molecule has 26 heavy (non-hydrogen) atoms. The molecule has 5 heteroatoms. The number of likely N-dealkylation sites (tertiary alicyclic amines) is 1. The molecule has 2 rings (SSSR count). The number of carbonyl (C=O) groups excluding carboxylic acids is 2. The standard InChI is InChI=1S/C21H31ClN2O2/c1-6-17(14(2)3)24-18(15-7-9-16(22)10-8-15)11-12-21(4,20(24)26)13-19(25)23-5/h7-10,14,17-18H,6,11-13H2,1-5H3,(H,23,25)/t17?,18-,21+/m0/s1. The average Bonchev–Trinajstić information content (AvgIpc) is 2.60. The van der Waals surface area contributed by atoms with Crippen LogP contribution in [0.4, 0.5) is 0 Å². The van der Waals surface area contributed by atoms with Crippen molar-refractivity contribution in [1.82, 2.24) is 10.2 Å². The third-order valence-corrected chi connectivity index (χ3v) is 5.94. The molecule has 0 radical (unpaired) electrons. The SMILES string of the molecule is CCC(C(C)C)N1C(=O)[C@@](C)(CC(=O)NC)CC[C@H]1c1ccc(Cl)cc1. The Labute approximate surface area is 162 Å². The van der Waals surface area contributed by atoms with Gasteiger partial charge in [-0.3, -0.25) is 9.59 Å². The summed E-state index contributed by atoms with van der Waals surface area (Å²) >= 11 is 6.05. The zero-order valence-corrected chi connectivity index (χ0v) is 17.3. The molecule has 0 spiro atoms. The number of nitrogens with zero attached hydrogens (tertiary/aromatic N) is 1. The van der Waals surface area contributed by atoms with Gasteiger partial charge in [-0.15, -0.1) is 0 Å². The molecule has 0 aromatic heterocycles. The molecule has 1 aliphatic heterocycles. The van der Waals surface area contributed by atoms with E-state index in [1.54, 1.807) is 7.05 Å². The van der Waals surface area contributed by atoms with Gasteiger partial charge in [0, 0.05) is 24.5 Å². The number of halogens is 1. The van der Waals surface area contributed by atoms with Gasteiger partial charge >= 0.3 is 0 Å². The number of amides is 2. The predicted octanol–water partition coefficient (Wildman–Crippen LogP) is 4.58. The number of hydrogen-bond donors (Lipinski definition) is 1. The lowest BCUT2D eigenvalue weighted by Crippen LogP contribution is -2.55. The minimum atomic E-state index is -0.647. The molecule has 3 atom stereocenters. The second-order valence-electron chi connectivity index (χ2n) is 7.95. The van der Waals surface area contributed by atoms with Crippen molar-refractivity contribution in [2.24, 2.45) is 11.3 Å². The Morgan fingerprint density at radius 1 is 1.35 bits per heavy atom. The molecule has 4 nitrogen and oxygen atoms in total. The van der Waals surface area contributed by atoms with Crippen LogP contribution in [0.5, 0.6) is 0 Å². The van der Waals surface area contributed by atoms with Crippen molar-refractivity contribution in [3.8, 4) is 0 Å². The van der Waals surface area contributed by atoms with Crippen LogP contribution in [0.25, 0.3) is 0 Å². The molecule has 0 bridgehead atoms. The normalized spacial score (nSPS) is 24.7. The second-order valence-corrected chi connectivity index (χ2v) is 8.39. The summed E-state index contributed by atoms with van der Waals surface area (Å²) in [5, 5.41) is 3.36. The van der Waals surface area contributed by atoms with Crippen molar-refractivity contribution in [2.75, 3.05) is 7.05 Å². The van der Waals surface area contributed by atoms with E-state index < -0.39 is 5.41 Å². The Morgan fingerprint density at radius 3 is 2.46 bits per heavy atom. The summed E-state index contributed by atoms with van der Waals surface area (Å²) in [6.07, 6.45) is 2.69. The highest BCUT2D eigenvalue weighted by atomic mass is 35.5. The van der Waals surface area contributed by atoms with E-state index in [1.165, 1.54) is 0 Å². The molecule has 0 aliphatic carbocycles. The van der Waals surface area contributed by atoms with Crippen LogP contribution in [-0.2, 0) is 9.59 Å². The summed E-state index contributed by atoms with van der Waals surface area (Å²) in [4.78, 5) is 27.6. The van der Waals surface area contributed by atoms with Crippen molar-refractivity contribution in [2.45, 2.75) is 65.5 Å². The Hall–Kier alpha value is -1.55. The number of hydrogen-bond acceptors (Lipinski definition) is 2. The molecule has 1 saturated heterocycles. The first-order valence-electron chi connectivity index (χ1n) is 9.52. The predicted molar refractivity (Wildman–Crippen MR) is 106 cm³/mol. The molecule has 1 fully saturated rings. The lowest BCUT2D eigenvalue weighted by Gasteiger charge is -2.49. The monoisotopic (exact) mass is 378 g/mol. The van der Waals surface area contributed by atoms with Crippen LogP contribution in [-0.4, -0.2) is 29.8 Å². The van der Waals surface area contributed by atoms with Crippen LogP contribution in [0.1, 0.15) is 65.0 Å². The van der Waals surface area contributed by atoms with Crippen LogP contribution in [0.2, 0.25) is 5.02 Å². The van der Waals surface area contributed by atoms with E-state index >= 15 is 0 Å². The number of rotatable bonds is 6. The largest absolute Gasteiger partial charge is 0.359 e. The van der Waals surface area contributed by atoms with Gasteiger partial charge in [-0.05, 0) is 42.9 Å². The maximum Gasteiger partial charge on any atom is 0.229 e. The molecule has 1 heterocycles. The highest BCUT2D eigenvalue weighted by Gasteiger charge is 2.47. The van der Waals surface area contributed by atoms with Gasteiger partial charge in [0.05, 0.1) is 11.5 Å². The summed E-state index contributed by atoms with van der Waals surface area (Å²) < 4.78 is 0. The number of carbonyl (C=O) groups is 2. The maximum absolute atomic E-state index is 13.6. The maximum atomic E-state index is 13.6. The fourth-order valence-corrected chi connectivity index (χ4v) is 4.27. The van der Waals surface area contributed by atoms with Crippen molar-refractivity contribution in [3.63, 3.8) is 0 Å². The summed E-state index contributed by atoms with van der Waals surface area (Å²) in [5.74, 6) is 0.359. The van der Waals surface area contributed by atoms with E-state index in [0.29, 0.717) is 17.4 Å². The molecule has 1 aliphatic rings. The van der Waals surface area contributed by atoms with Crippen molar-refractivity contribution in [3.05, 3.63) is 34.9 Å². The molecule has 0 saturated carbocycles. The molecule has 1 aromatic rings. The van der Waals surface area contributed by atoms with Gasteiger partial charge in [-0.25, -0.2) is 0 Å². The van der Waals surface area contributed by atoms with E-state index in [1.807, 2.05) is 31.2 Å². The average molecular weight is 379 g/mol. The number of nitrogens with one attached hydrogen (secondary N) is 1. The lowest BCUT2D eigenvalue weighted by atomic mass is 9.73. The first-order chi connectivity index (χ1) is 12.2. The van der Waals surface area contributed by atoms with Crippen molar-refractivity contribution >= 4 is 23.4 Å². The Bertz CT molecular complexity index is 644. The molecular weight excluding hydrogens is 348 g/mol. The summed E-state index contributed by atoms with van der Waals surface area (Å²) in [6.45, 7) is 8.38. The van der Waals surface area contributed by atoms with Crippen molar-refractivity contribution < 1.29 is 9.59 Å². The summed E-state index contributed by atoms with van der Waals surface area (Å²) in [7, 11) is 1.62. The van der Waals surface area contributed by atoms with Gasteiger partial charge in [0.15, 0.2) is 0 Å². The molecule has 2 amide bonds. The Morgan fingerprint density at radius 2 is 1.96 bits per heavy atom. The van der Waals surface area contributed by atoms with Crippen LogP contribution in [0.3, 0.4) is 0 Å². The molecular formula is C21H31ClN2O2. The zero-order valence-electron chi connectivity index (χ0n) is 16.5. The van der Waals surface area contributed by atoms with Gasteiger partial charge in [0.25, 0.3) is 0 Å². The first-order valence-corrected chi connectivity index (χ1v) is 9.90. The Balaban J connectivity index is 2.42. The minimum absolute atomic E-state index is 0.0323. The van der Waals surface area contributed by atoms with E-state index in [0.717, 1.165) is 18.4 Å². The van der Waals surface area contributed by atoms with Gasteiger partial charge in [-0.2, -0.15) is 0 Å². The fourth-order valence-electron chi connectivity index (χ4n) is 4.14. The molecule has 1 N–H and O–H groups in total. The van der Waals surface area contributed by atoms with E-state index in [9.17, 15) is 9.59 Å². The zero-order chi connectivity index (χ0) is 19.5. The lowest BCUT2D eigenvalue weighted by molar-refractivity contribution is -0.157. The fraction of sp³-hybridized carbons (Fsp3) is 0.619. The molecule has 1 unspecified atom stereocenters. The minimum Gasteiger partial charge on any atom is -0.359 e. The van der Waals surface area contributed by atoms with Gasteiger partial charge < -0.3 is 10.2 Å². The van der Waals surface area contributed by atoms with Crippen LogP contribution >= 0.6 is 11.6 Å². The smallest absolute Gasteiger partial charge is 0.229 e. The number of piperidine rings is 1. The van der Waals surface area contributed by atoms with E-state index in [-0.39, 0.29) is 30.3 Å². The number of benzene rings is 1. The van der Waals surface area contributed by atoms with Gasteiger partial charge in [-0.1, -0.05) is 51.4 Å². The topological polar surface area (TPSA) is 49.4 Å². The van der Waals surface area contributed by atoms with Crippen LogP contribution in [0.15, 0.2) is 24.3 Å². The van der Waals surface area contributed by atoms with Crippen LogP contribution < -0.4 is 5.32 Å². The summed E-state index contributed by atoms with van der Waals surface area (Å²) in [6, 6.07) is 7.98. The van der Waals surface area contributed by atoms with Gasteiger partial charge in [0.2, 0.25) is 11.8 Å². The Kier molecular flexibility index (Phi) is 6.73. The second kappa shape index (κ2) is 8.43. The third kappa shape index (κ3) is 4.22. The highest BCUT2D eigenvalue weighted by Crippen LogP contribution is 2.45. The van der Waals surface area contributed by atoms with Crippen LogP contribution in [0, 0.1) is 11.3 Å². The third-order valence-electron chi connectivity index (χ3n) is 5.69. The molecule has 144 valence electrons. The quantitative estimate of drug-likeness (QED) is 0.787. The molecule has 1 aromatic carbocycles. The van der Waals surface area contributed by atoms with Crippen molar-refractivity contribution in [1.29, 1.82) is 0 Å². The highest BCUT2D eigenvalue weighted by molar-refractivity contribution is 6.30.